The zero-order chi connectivity index (χ0) is 18.7. The van der Waals surface area contributed by atoms with Crippen LogP contribution >= 0.6 is 27.7 Å². The van der Waals surface area contributed by atoms with Gasteiger partial charge in [-0.3, -0.25) is 4.79 Å². The summed E-state index contributed by atoms with van der Waals surface area (Å²) in [6.45, 7) is 1.91. The Morgan fingerprint density at radius 2 is 2.08 bits per heavy atom. The van der Waals surface area contributed by atoms with Crippen molar-refractivity contribution in [2.75, 3.05) is 16.9 Å². The Kier molecular flexibility index (Phi) is 5.58. The molecule has 0 unspecified atom stereocenters. The lowest BCUT2D eigenvalue weighted by Crippen LogP contribution is -2.17. The fraction of sp³-hybridized carbons (Fsp3) is 0.118. The number of carbonyl (C=O) groups excluding carboxylic acids is 1. The number of carbonyl (C=O) groups is 1. The Morgan fingerprint density at radius 1 is 1.31 bits per heavy atom. The van der Waals surface area contributed by atoms with E-state index in [0.717, 1.165) is 27.5 Å². The standard InChI is InChI=1S/C17H15BrFN5OS/c1-10-8-11(18)6-7-14(10)21-15(25)9-26-17-23-22-16(24(17)20)12-4-2-3-5-13(12)19/h2-8H,9,20H2,1H3,(H,21,25). The second-order valence-electron chi connectivity index (χ2n) is 5.45. The molecule has 0 bridgehead atoms. The van der Waals surface area contributed by atoms with Gasteiger partial charge in [-0.05, 0) is 42.8 Å². The predicted octanol–water partition coefficient (Wildman–Crippen LogP) is 3.60. The number of rotatable bonds is 5. The molecule has 1 aromatic heterocycles. The van der Waals surface area contributed by atoms with E-state index >= 15 is 0 Å². The summed E-state index contributed by atoms with van der Waals surface area (Å²) < 4.78 is 16.0. The first-order valence-electron chi connectivity index (χ1n) is 7.60. The van der Waals surface area contributed by atoms with Gasteiger partial charge < -0.3 is 11.2 Å². The molecule has 0 spiro atoms. The minimum absolute atomic E-state index is 0.0993. The van der Waals surface area contributed by atoms with Crippen molar-refractivity contribution in [2.24, 2.45) is 0 Å². The Morgan fingerprint density at radius 3 is 2.81 bits per heavy atom. The highest BCUT2D eigenvalue weighted by Crippen LogP contribution is 2.24. The van der Waals surface area contributed by atoms with E-state index in [1.165, 1.54) is 10.7 Å². The summed E-state index contributed by atoms with van der Waals surface area (Å²) in [6, 6.07) is 11.8. The van der Waals surface area contributed by atoms with Crippen molar-refractivity contribution in [3.05, 3.63) is 58.3 Å². The van der Waals surface area contributed by atoms with Crippen LogP contribution in [0.25, 0.3) is 11.4 Å². The van der Waals surface area contributed by atoms with E-state index in [4.69, 9.17) is 5.84 Å². The average molecular weight is 436 g/mol. The molecule has 3 rings (SSSR count). The molecule has 1 amide bonds. The molecule has 6 nitrogen and oxygen atoms in total. The van der Waals surface area contributed by atoms with Crippen LogP contribution in [0.4, 0.5) is 10.1 Å². The summed E-state index contributed by atoms with van der Waals surface area (Å²) in [5.41, 5.74) is 1.94. The van der Waals surface area contributed by atoms with Gasteiger partial charge in [-0.1, -0.05) is 39.8 Å². The van der Waals surface area contributed by atoms with E-state index in [9.17, 15) is 9.18 Å². The Balaban J connectivity index is 1.67. The van der Waals surface area contributed by atoms with Crippen LogP contribution in [-0.2, 0) is 4.79 Å². The molecule has 3 aromatic rings. The summed E-state index contributed by atoms with van der Waals surface area (Å²) in [4.78, 5) is 12.2. The SMILES string of the molecule is Cc1cc(Br)ccc1NC(=O)CSc1nnc(-c2ccccc2F)n1N. The molecular formula is C17H15BrFN5OS. The highest BCUT2D eigenvalue weighted by molar-refractivity contribution is 9.10. The fourth-order valence-electron chi connectivity index (χ4n) is 2.29. The molecule has 0 radical (unpaired) electrons. The highest BCUT2D eigenvalue weighted by Gasteiger charge is 2.16. The molecule has 134 valence electrons. The molecule has 0 saturated carbocycles. The third-order valence-corrected chi connectivity index (χ3v) is 5.01. The topological polar surface area (TPSA) is 85.8 Å². The lowest BCUT2D eigenvalue weighted by atomic mass is 10.2. The maximum atomic E-state index is 13.9. The van der Waals surface area contributed by atoms with Crippen molar-refractivity contribution in [1.29, 1.82) is 0 Å². The van der Waals surface area contributed by atoms with E-state index in [-0.39, 0.29) is 23.0 Å². The van der Waals surface area contributed by atoms with E-state index in [1.807, 2.05) is 25.1 Å². The molecule has 3 N–H and O–H groups in total. The van der Waals surface area contributed by atoms with Crippen molar-refractivity contribution in [3.63, 3.8) is 0 Å². The van der Waals surface area contributed by atoms with Gasteiger partial charge in [-0.15, -0.1) is 10.2 Å². The number of aromatic nitrogens is 3. The number of halogens is 2. The molecule has 26 heavy (non-hydrogen) atoms. The van der Waals surface area contributed by atoms with Crippen molar-refractivity contribution >= 4 is 39.3 Å². The zero-order valence-electron chi connectivity index (χ0n) is 13.7. The summed E-state index contributed by atoms with van der Waals surface area (Å²) in [6.07, 6.45) is 0. The average Bonchev–Trinajstić information content (AvgIpc) is 2.97. The molecule has 2 aromatic carbocycles. The Hall–Kier alpha value is -2.39. The molecular weight excluding hydrogens is 421 g/mol. The van der Waals surface area contributed by atoms with Crippen molar-refractivity contribution in [2.45, 2.75) is 12.1 Å². The molecule has 1 heterocycles. The number of hydrogen-bond acceptors (Lipinski definition) is 5. The van der Waals surface area contributed by atoms with Crippen LogP contribution in [0.1, 0.15) is 5.56 Å². The van der Waals surface area contributed by atoms with Gasteiger partial charge in [0.15, 0.2) is 5.82 Å². The maximum absolute atomic E-state index is 13.9. The number of aryl methyl sites for hydroxylation is 1. The molecule has 0 saturated heterocycles. The highest BCUT2D eigenvalue weighted by atomic mass is 79.9. The first-order valence-corrected chi connectivity index (χ1v) is 9.38. The maximum Gasteiger partial charge on any atom is 0.234 e. The van der Waals surface area contributed by atoms with Crippen LogP contribution in [0.3, 0.4) is 0 Å². The monoisotopic (exact) mass is 435 g/mol. The Bertz CT molecular complexity index is 962. The number of thioether (sulfide) groups is 1. The molecule has 0 atom stereocenters. The predicted molar refractivity (Wildman–Crippen MR) is 104 cm³/mol. The van der Waals surface area contributed by atoms with Gasteiger partial charge in [0.25, 0.3) is 0 Å². The minimum atomic E-state index is -0.438. The summed E-state index contributed by atoms with van der Waals surface area (Å²) in [5.74, 6) is 5.62. The van der Waals surface area contributed by atoms with Crippen LogP contribution in [0, 0.1) is 12.7 Å². The van der Waals surface area contributed by atoms with E-state index in [1.54, 1.807) is 18.2 Å². The normalized spacial score (nSPS) is 10.7. The third kappa shape index (κ3) is 4.05. The van der Waals surface area contributed by atoms with Crippen molar-refractivity contribution in [3.8, 4) is 11.4 Å². The molecule has 0 aliphatic rings. The quantitative estimate of drug-likeness (QED) is 0.472. The zero-order valence-corrected chi connectivity index (χ0v) is 16.1. The van der Waals surface area contributed by atoms with Crippen LogP contribution in [0.2, 0.25) is 0 Å². The smallest absolute Gasteiger partial charge is 0.234 e. The van der Waals surface area contributed by atoms with Gasteiger partial charge in [0.1, 0.15) is 5.82 Å². The largest absolute Gasteiger partial charge is 0.335 e. The molecule has 9 heteroatoms. The van der Waals surface area contributed by atoms with E-state index in [2.05, 4.69) is 31.4 Å². The third-order valence-electron chi connectivity index (χ3n) is 3.57. The molecule has 0 aliphatic heterocycles. The summed E-state index contributed by atoms with van der Waals surface area (Å²) in [5, 5.41) is 11.0. The lowest BCUT2D eigenvalue weighted by Gasteiger charge is -2.08. The fourth-order valence-corrected chi connectivity index (χ4v) is 3.42. The number of benzene rings is 2. The molecule has 0 fully saturated rings. The van der Waals surface area contributed by atoms with Gasteiger partial charge in [-0.2, -0.15) is 0 Å². The molecule has 0 aliphatic carbocycles. The first kappa shape index (κ1) is 18.4. The van der Waals surface area contributed by atoms with Crippen LogP contribution in [0.15, 0.2) is 52.1 Å². The van der Waals surface area contributed by atoms with Crippen molar-refractivity contribution in [1.82, 2.24) is 14.9 Å². The van der Waals surface area contributed by atoms with E-state index < -0.39 is 5.82 Å². The van der Waals surface area contributed by atoms with Gasteiger partial charge in [0, 0.05) is 10.2 Å². The minimum Gasteiger partial charge on any atom is -0.335 e. The summed E-state index contributed by atoms with van der Waals surface area (Å²) >= 11 is 4.51. The van der Waals surface area contributed by atoms with Gasteiger partial charge in [0.2, 0.25) is 11.1 Å². The number of hydrogen-bond donors (Lipinski definition) is 2. The number of nitrogens with two attached hydrogens (primary N) is 1. The van der Waals surface area contributed by atoms with Gasteiger partial charge >= 0.3 is 0 Å². The van der Waals surface area contributed by atoms with E-state index in [0.29, 0.717) is 5.16 Å². The van der Waals surface area contributed by atoms with Crippen LogP contribution in [0.5, 0.6) is 0 Å². The lowest BCUT2D eigenvalue weighted by molar-refractivity contribution is -0.113. The summed E-state index contributed by atoms with van der Waals surface area (Å²) in [7, 11) is 0. The van der Waals surface area contributed by atoms with Crippen LogP contribution < -0.4 is 11.2 Å². The first-order chi connectivity index (χ1) is 12.5. The number of nitrogens with one attached hydrogen (secondary N) is 1. The number of anilines is 1. The van der Waals surface area contributed by atoms with Gasteiger partial charge in [0.05, 0.1) is 11.3 Å². The van der Waals surface area contributed by atoms with Crippen molar-refractivity contribution < 1.29 is 9.18 Å². The number of nitrogen functional groups attached to an aromatic ring is 1. The van der Waals surface area contributed by atoms with Gasteiger partial charge in [-0.25, -0.2) is 9.07 Å². The Labute approximate surface area is 162 Å². The van der Waals surface area contributed by atoms with Crippen LogP contribution in [-0.4, -0.2) is 26.5 Å². The second-order valence-corrected chi connectivity index (χ2v) is 7.31. The number of nitrogens with zero attached hydrogens (tertiary/aromatic N) is 3. The number of amides is 1. The second kappa shape index (κ2) is 7.88.